The maximum atomic E-state index is 2.29. The summed E-state index contributed by atoms with van der Waals surface area (Å²) in [6.45, 7) is 2.29. The molecule has 0 rings (SSSR count). The van der Waals surface area contributed by atoms with Crippen LogP contribution >= 0.6 is 0 Å². The van der Waals surface area contributed by atoms with Gasteiger partial charge in [0.15, 0.2) is 0 Å². The van der Waals surface area contributed by atoms with Crippen molar-refractivity contribution >= 4 is 22.5 Å². The standard InChI is InChI=1S/C14H29.Sn/c1-3-5-7-9-11-13-14-12-10-8-6-4-2;/h1,3-14H2,2H3;/q;+3. The minimum absolute atomic E-state index is 1.37. The number of hydrogen-bond acceptors (Lipinski definition) is 0. The Hall–Kier alpha value is 0.799. The van der Waals surface area contributed by atoms with Gasteiger partial charge in [0, 0.05) is 0 Å². The molecule has 0 aliphatic heterocycles. The van der Waals surface area contributed by atoms with Crippen LogP contribution in [-0.2, 0) is 0 Å². The average molecular weight is 316 g/mol. The predicted molar refractivity (Wildman–Crippen MR) is 71.6 cm³/mol. The average Bonchev–Trinajstić information content (AvgIpc) is 2.26. The van der Waals surface area contributed by atoms with Crippen molar-refractivity contribution in [2.75, 3.05) is 0 Å². The summed E-state index contributed by atoms with van der Waals surface area (Å²) in [6, 6.07) is 0. The molecule has 0 atom stereocenters. The Kier molecular flexibility index (Phi) is 15.6. The molecule has 0 heterocycles. The summed E-state index contributed by atoms with van der Waals surface area (Å²) in [5.41, 5.74) is 0. The van der Waals surface area contributed by atoms with Gasteiger partial charge >= 0.3 is 97.6 Å². The van der Waals surface area contributed by atoms with Gasteiger partial charge in [-0.3, -0.25) is 0 Å². The van der Waals surface area contributed by atoms with E-state index in [0.29, 0.717) is 0 Å². The van der Waals surface area contributed by atoms with E-state index in [9.17, 15) is 0 Å². The van der Waals surface area contributed by atoms with Crippen molar-refractivity contribution in [3.05, 3.63) is 0 Å². The molecule has 15 heavy (non-hydrogen) atoms. The zero-order valence-electron chi connectivity index (χ0n) is 10.7. The molecule has 1 heteroatoms. The molecule has 0 aromatic heterocycles. The Bertz CT molecular complexity index is 89.5. The Morgan fingerprint density at radius 1 is 0.533 bits per heavy atom. The van der Waals surface area contributed by atoms with Crippen LogP contribution in [0.3, 0.4) is 0 Å². The molecule has 0 aromatic rings. The normalized spacial score (nSPS) is 10.9. The van der Waals surface area contributed by atoms with Gasteiger partial charge in [-0.25, -0.2) is 0 Å². The van der Waals surface area contributed by atoms with Crippen LogP contribution in [-0.4, -0.2) is 22.5 Å². The molecule has 0 radical (unpaired) electrons. The van der Waals surface area contributed by atoms with Gasteiger partial charge in [0.1, 0.15) is 0 Å². The van der Waals surface area contributed by atoms with Crippen LogP contribution < -0.4 is 0 Å². The molecule has 0 aliphatic carbocycles. The maximum absolute atomic E-state index is 2.29. The fourth-order valence-corrected chi connectivity index (χ4v) is 2.68. The molecular formula is C14H29Sn+3. The van der Waals surface area contributed by atoms with Crippen LogP contribution in [0.1, 0.15) is 84.0 Å². The minimum atomic E-state index is 1.37. The summed E-state index contributed by atoms with van der Waals surface area (Å²) in [4.78, 5) is 0. The first-order chi connectivity index (χ1) is 7.41. The third-order valence-electron chi connectivity index (χ3n) is 3.03. The van der Waals surface area contributed by atoms with Crippen LogP contribution in [0.15, 0.2) is 0 Å². The van der Waals surface area contributed by atoms with Crippen LogP contribution in [0, 0.1) is 0 Å². The van der Waals surface area contributed by atoms with Gasteiger partial charge in [-0.2, -0.15) is 0 Å². The van der Waals surface area contributed by atoms with Gasteiger partial charge in [-0.1, -0.05) is 13.3 Å². The number of unbranched alkanes of at least 4 members (excludes halogenated alkanes) is 11. The molecule has 0 nitrogen and oxygen atoms in total. The molecule has 0 amide bonds. The van der Waals surface area contributed by atoms with E-state index < -0.39 is 0 Å². The third kappa shape index (κ3) is 14.8. The predicted octanol–water partition coefficient (Wildman–Crippen LogP) is 5.27. The summed E-state index contributed by atoms with van der Waals surface area (Å²) in [5.74, 6) is 0. The second-order valence-corrected chi connectivity index (χ2v) is 6.07. The van der Waals surface area contributed by atoms with Crippen molar-refractivity contribution in [3.8, 4) is 0 Å². The first-order valence-electron chi connectivity index (χ1n) is 7.06. The fourth-order valence-electron chi connectivity index (χ4n) is 1.97. The Balaban J connectivity index is 2.81. The van der Waals surface area contributed by atoms with Crippen molar-refractivity contribution < 1.29 is 0 Å². The molecule has 0 saturated heterocycles. The van der Waals surface area contributed by atoms with Crippen molar-refractivity contribution in [2.24, 2.45) is 0 Å². The molecule has 0 bridgehead atoms. The molecular weight excluding hydrogens is 287 g/mol. The molecule has 0 saturated carbocycles. The van der Waals surface area contributed by atoms with Crippen molar-refractivity contribution in [2.45, 2.75) is 88.4 Å². The third-order valence-corrected chi connectivity index (χ3v) is 4.04. The summed E-state index contributed by atoms with van der Waals surface area (Å²) in [6.07, 6.45) is 17.7. The molecule has 0 N–H and O–H groups in total. The van der Waals surface area contributed by atoms with E-state index in [1.54, 1.807) is 22.5 Å². The van der Waals surface area contributed by atoms with Gasteiger partial charge in [0.25, 0.3) is 0 Å². The fraction of sp³-hybridized carbons (Fsp3) is 1.00. The van der Waals surface area contributed by atoms with E-state index in [-0.39, 0.29) is 0 Å². The van der Waals surface area contributed by atoms with Crippen LogP contribution in [0.25, 0.3) is 0 Å². The first kappa shape index (κ1) is 15.8. The van der Waals surface area contributed by atoms with Gasteiger partial charge in [0.2, 0.25) is 0 Å². The topological polar surface area (TPSA) is 0 Å². The molecule has 0 spiro atoms. The van der Waals surface area contributed by atoms with Gasteiger partial charge in [-0.05, 0) is 0 Å². The Labute approximate surface area is 111 Å². The molecule has 0 unspecified atom stereocenters. The second-order valence-electron chi connectivity index (χ2n) is 4.64. The molecule has 0 aliphatic rings. The van der Waals surface area contributed by atoms with E-state index in [2.05, 4.69) is 6.92 Å². The van der Waals surface area contributed by atoms with Crippen molar-refractivity contribution in [1.29, 1.82) is 0 Å². The summed E-state index contributed by atoms with van der Waals surface area (Å²) >= 11 is 1.72. The zero-order valence-corrected chi connectivity index (χ0v) is 13.5. The zero-order chi connectivity index (χ0) is 11.2. The van der Waals surface area contributed by atoms with Crippen LogP contribution in [0.4, 0.5) is 0 Å². The summed E-state index contributed by atoms with van der Waals surface area (Å²) < 4.78 is 1.46. The second kappa shape index (κ2) is 14.8. The molecule has 0 aromatic carbocycles. The van der Waals surface area contributed by atoms with E-state index >= 15 is 0 Å². The molecule has 86 valence electrons. The molecule has 0 fully saturated rings. The summed E-state index contributed by atoms with van der Waals surface area (Å²) in [7, 11) is 0. The Morgan fingerprint density at radius 2 is 0.867 bits per heavy atom. The van der Waals surface area contributed by atoms with E-state index in [0.717, 1.165) is 0 Å². The first-order valence-corrected chi connectivity index (χ1v) is 9.08. The van der Waals surface area contributed by atoms with E-state index in [1.165, 1.54) is 81.5 Å². The number of hydrogen-bond donors (Lipinski definition) is 0. The van der Waals surface area contributed by atoms with E-state index in [1.807, 2.05) is 0 Å². The van der Waals surface area contributed by atoms with Crippen molar-refractivity contribution in [1.82, 2.24) is 0 Å². The van der Waals surface area contributed by atoms with E-state index in [4.69, 9.17) is 0 Å². The van der Waals surface area contributed by atoms with Crippen molar-refractivity contribution in [3.63, 3.8) is 0 Å². The number of rotatable bonds is 12. The SMILES string of the molecule is CCCCCCCCCCCCC[CH2][Sn+3]. The van der Waals surface area contributed by atoms with Crippen LogP contribution in [0.2, 0.25) is 4.44 Å². The van der Waals surface area contributed by atoms with Gasteiger partial charge in [-0.15, -0.1) is 0 Å². The monoisotopic (exact) mass is 317 g/mol. The Morgan fingerprint density at radius 3 is 1.20 bits per heavy atom. The summed E-state index contributed by atoms with van der Waals surface area (Å²) in [5, 5.41) is 0. The van der Waals surface area contributed by atoms with Gasteiger partial charge in [0.05, 0.1) is 0 Å². The van der Waals surface area contributed by atoms with Crippen LogP contribution in [0.5, 0.6) is 0 Å². The van der Waals surface area contributed by atoms with Gasteiger partial charge < -0.3 is 0 Å². The quantitative estimate of drug-likeness (QED) is 0.340.